The summed E-state index contributed by atoms with van der Waals surface area (Å²) >= 11 is 0. The molecule has 0 aromatic heterocycles. The normalized spacial score (nSPS) is 19.1. The summed E-state index contributed by atoms with van der Waals surface area (Å²) in [5.41, 5.74) is 8.85. The van der Waals surface area contributed by atoms with Gasteiger partial charge in [0.15, 0.2) is 0 Å². The van der Waals surface area contributed by atoms with Gasteiger partial charge in [-0.2, -0.15) is 0 Å². The van der Waals surface area contributed by atoms with Gasteiger partial charge in [0.1, 0.15) is 0 Å². The predicted molar refractivity (Wildman–Crippen MR) is 80.9 cm³/mol. The topological polar surface area (TPSA) is 63.4 Å². The maximum absolute atomic E-state index is 12.6. The molecule has 1 heterocycles. The third-order valence-corrected chi connectivity index (χ3v) is 4.78. The average Bonchev–Trinajstić information content (AvgIpc) is 2.54. The number of likely N-dealkylation sites (tertiary alicyclic amines) is 1. The van der Waals surface area contributed by atoms with Crippen LogP contribution in [0.25, 0.3) is 0 Å². The zero-order valence-corrected chi connectivity index (χ0v) is 12.3. The fraction of sp³-hybridized carbons (Fsp3) is 0.529. The second kappa shape index (κ2) is 5.88. The summed E-state index contributed by atoms with van der Waals surface area (Å²) in [7, 11) is 0. The van der Waals surface area contributed by atoms with E-state index < -0.39 is 0 Å². The number of aryl methyl sites for hydroxylation is 2. The summed E-state index contributed by atoms with van der Waals surface area (Å²) in [6.07, 6.45) is 6.06. The van der Waals surface area contributed by atoms with Crippen molar-refractivity contribution in [2.45, 2.75) is 38.5 Å². The minimum absolute atomic E-state index is 0.0717. The van der Waals surface area contributed by atoms with Gasteiger partial charge in [-0.15, -0.1) is 0 Å². The molecule has 0 atom stereocenters. The predicted octanol–water partition coefficient (Wildman–Crippen LogP) is 1.90. The SMILES string of the molecule is NC(=O)C1CCN(C(=O)c2ccc3c(c2)CCCC3)CC1. The van der Waals surface area contributed by atoms with E-state index in [2.05, 4.69) is 12.1 Å². The van der Waals surface area contributed by atoms with Crippen LogP contribution in [0.1, 0.15) is 47.2 Å². The first-order chi connectivity index (χ1) is 10.1. The Hall–Kier alpha value is -1.84. The highest BCUT2D eigenvalue weighted by Crippen LogP contribution is 2.24. The second-order valence-electron chi connectivity index (χ2n) is 6.16. The van der Waals surface area contributed by atoms with Crippen LogP contribution in [0.2, 0.25) is 0 Å². The smallest absolute Gasteiger partial charge is 0.253 e. The zero-order chi connectivity index (χ0) is 14.8. The molecule has 1 fully saturated rings. The third kappa shape index (κ3) is 2.94. The molecule has 1 aromatic rings. The molecule has 0 saturated carbocycles. The average molecular weight is 286 g/mol. The summed E-state index contributed by atoms with van der Waals surface area (Å²) in [5, 5.41) is 0. The Morgan fingerprint density at radius 2 is 1.71 bits per heavy atom. The fourth-order valence-corrected chi connectivity index (χ4v) is 3.42. The maximum Gasteiger partial charge on any atom is 0.253 e. The van der Waals surface area contributed by atoms with Gasteiger partial charge in [-0.1, -0.05) is 6.07 Å². The monoisotopic (exact) mass is 286 g/mol. The van der Waals surface area contributed by atoms with E-state index in [1.807, 2.05) is 11.0 Å². The van der Waals surface area contributed by atoms with Crippen LogP contribution in [0.4, 0.5) is 0 Å². The van der Waals surface area contributed by atoms with Gasteiger partial charge in [-0.05, 0) is 61.8 Å². The van der Waals surface area contributed by atoms with Gasteiger partial charge < -0.3 is 10.6 Å². The molecule has 4 heteroatoms. The number of hydrogen-bond donors (Lipinski definition) is 1. The molecule has 1 saturated heterocycles. The number of fused-ring (bicyclic) bond motifs is 1. The van der Waals surface area contributed by atoms with Crippen molar-refractivity contribution in [3.8, 4) is 0 Å². The van der Waals surface area contributed by atoms with E-state index in [4.69, 9.17) is 5.73 Å². The van der Waals surface area contributed by atoms with Crippen molar-refractivity contribution in [3.63, 3.8) is 0 Å². The molecule has 21 heavy (non-hydrogen) atoms. The van der Waals surface area contributed by atoms with Crippen molar-refractivity contribution < 1.29 is 9.59 Å². The number of nitrogens with two attached hydrogens (primary N) is 1. The number of carbonyl (C=O) groups excluding carboxylic acids is 2. The molecule has 1 aliphatic carbocycles. The van der Waals surface area contributed by atoms with Crippen molar-refractivity contribution in [1.29, 1.82) is 0 Å². The highest BCUT2D eigenvalue weighted by molar-refractivity contribution is 5.94. The molecule has 2 N–H and O–H groups in total. The van der Waals surface area contributed by atoms with Gasteiger partial charge in [0.05, 0.1) is 0 Å². The van der Waals surface area contributed by atoms with E-state index in [-0.39, 0.29) is 17.7 Å². The van der Waals surface area contributed by atoms with Crippen LogP contribution >= 0.6 is 0 Å². The first-order valence-electron chi connectivity index (χ1n) is 7.85. The highest BCUT2D eigenvalue weighted by Gasteiger charge is 2.26. The Bertz CT molecular complexity index is 560. The van der Waals surface area contributed by atoms with Crippen molar-refractivity contribution in [2.24, 2.45) is 11.7 Å². The lowest BCUT2D eigenvalue weighted by molar-refractivity contribution is -0.123. The van der Waals surface area contributed by atoms with E-state index in [1.54, 1.807) is 0 Å². The summed E-state index contributed by atoms with van der Waals surface area (Å²) in [5.74, 6) is -0.222. The number of hydrogen-bond acceptors (Lipinski definition) is 2. The molecule has 2 amide bonds. The van der Waals surface area contributed by atoms with E-state index >= 15 is 0 Å². The number of amides is 2. The van der Waals surface area contributed by atoms with Gasteiger partial charge in [0, 0.05) is 24.6 Å². The maximum atomic E-state index is 12.6. The summed E-state index contributed by atoms with van der Waals surface area (Å²) in [4.78, 5) is 25.6. The first kappa shape index (κ1) is 14.1. The Kier molecular flexibility index (Phi) is 3.95. The first-order valence-corrected chi connectivity index (χ1v) is 7.85. The fourth-order valence-electron chi connectivity index (χ4n) is 3.42. The molecular formula is C17H22N2O2. The van der Waals surface area contributed by atoms with Crippen molar-refractivity contribution >= 4 is 11.8 Å². The van der Waals surface area contributed by atoms with Crippen molar-refractivity contribution in [1.82, 2.24) is 4.90 Å². The Morgan fingerprint density at radius 3 is 2.38 bits per heavy atom. The molecule has 3 rings (SSSR count). The quantitative estimate of drug-likeness (QED) is 0.902. The number of carbonyl (C=O) groups is 2. The molecular weight excluding hydrogens is 264 g/mol. The highest BCUT2D eigenvalue weighted by atomic mass is 16.2. The van der Waals surface area contributed by atoms with Gasteiger partial charge in [0.25, 0.3) is 5.91 Å². The van der Waals surface area contributed by atoms with Crippen LogP contribution < -0.4 is 5.73 Å². The van der Waals surface area contributed by atoms with Crippen LogP contribution in [-0.4, -0.2) is 29.8 Å². The van der Waals surface area contributed by atoms with E-state index in [1.165, 1.54) is 24.0 Å². The van der Waals surface area contributed by atoms with Crippen LogP contribution in [0.5, 0.6) is 0 Å². The van der Waals surface area contributed by atoms with Crippen LogP contribution in [-0.2, 0) is 17.6 Å². The molecule has 4 nitrogen and oxygen atoms in total. The van der Waals surface area contributed by atoms with E-state index in [0.717, 1.165) is 18.4 Å². The summed E-state index contributed by atoms with van der Waals surface area (Å²) < 4.78 is 0. The molecule has 112 valence electrons. The van der Waals surface area contributed by atoms with E-state index in [9.17, 15) is 9.59 Å². The number of primary amides is 1. The van der Waals surface area contributed by atoms with Gasteiger partial charge in [-0.25, -0.2) is 0 Å². The van der Waals surface area contributed by atoms with Crippen molar-refractivity contribution in [2.75, 3.05) is 13.1 Å². The number of rotatable bonds is 2. The lowest BCUT2D eigenvalue weighted by atomic mass is 9.90. The lowest BCUT2D eigenvalue weighted by Crippen LogP contribution is -2.41. The standard InChI is InChI=1S/C17H22N2O2/c18-16(20)13-7-9-19(10-8-13)17(21)15-6-5-12-3-1-2-4-14(12)11-15/h5-6,11,13H,1-4,7-10H2,(H2,18,20). The van der Waals surface area contributed by atoms with Gasteiger partial charge in [0.2, 0.25) is 5.91 Å². The molecule has 0 unspecified atom stereocenters. The van der Waals surface area contributed by atoms with E-state index in [0.29, 0.717) is 25.9 Å². The summed E-state index contributed by atoms with van der Waals surface area (Å²) in [6, 6.07) is 6.13. The minimum Gasteiger partial charge on any atom is -0.369 e. The molecule has 0 bridgehead atoms. The Morgan fingerprint density at radius 1 is 1.05 bits per heavy atom. The van der Waals surface area contributed by atoms with Crippen LogP contribution in [0.15, 0.2) is 18.2 Å². The Labute approximate surface area is 125 Å². The molecule has 0 radical (unpaired) electrons. The number of benzene rings is 1. The van der Waals surface area contributed by atoms with Gasteiger partial charge >= 0.3 is 0 Å². The largest absolute Gasteiger partial charge is 0.369 e. The summed E-state index contributed by atoms with van der Waals surface area (Å²) in [6.45, 7) is 1.26. The molecule has 1 aromatic carbocycles. The number of piperidine rings is 1. The Balaban J connectivity index is 1.70. The van der Waals surface area contributed by atoms with Crippen molar-refractivity contribution in [3.05, 3.63) is 34.9 Å². The molecule has 1 aliphatic heterocycles. The lowest BCUT2D eigenvalue weighted by Gasteiger charge is -2.31. The zero-order valence-electron chi connectivity index (χ0n) is 12.3. The minimum atomic E-state index is -0.240. The second-order valence-corrected chi connectivity index (χ2v) is 6.16. The van der Waals surface area contributed by atoms with Crippen LogP contribution in [0, 0.1) is 5.92 Å². The van der Waals surface area contributed by atoms with Crippen LogP contribution in [0.3, 0.4) is 0 Å². The van der Waals surface area contributed by atoms with Gasteiger partial charge in [-0.3, -0.25) is 9.59 Å². The molecule has 2 aliphatic rings. The molecule has 0 spiro atoms. The number of nitrogens with zero attached hydrogens (tertiary/aromatic N) is 1. The third-order valence-electron chi connectivity index (χ3n) is 4.78.